The number of aliphatic carboxylic acids is 1. The highest BCUT2D eigenvalue weighted by atomic mass is 16.5. The summed E-state index contributed by atoms with van der Waals surface area (Å²) in [6.45, 7) is 3.73. The standard InChI is InChI=1S/C14H18N2O4/c1-3-7-16(9-13(17)18)14(19)15-12-6-4-5-11(8-12)10-20-2/h3-6,8H,1,7,9-10H2,2H3,(H,15,19)(H,17,18). The molecule has 2 amide bonds. The van der Waals surface area contributed by atoms with E-state index in [1.54, 1.807) is 25.3 Å². The largest absolute Gasteiger partial charge is 0.480 e. The van der Waals surface area contributed by atoms with Gasteiger partial charge in [0.2, 0.25) is 0 Å². The number of urea groups is 1. The molecule has 108 valence electrons. The van der Waals surface area contributed by atoms with Gasteiger partial charge in [0.15, 0.2) is 0 Å². The van der Waals surface area contributed by atoms with Crippen LogP contribution in [0.5, 0.6) is 0 Å². The number of hydrogen-bond donors (Lipinski definition) is 2. The number of anilines is 1. The fourth-order valence-electron chi connectivity index (χ4n) is 1.65. The van der Waals surface area contributed by atoms with Gasteiger partial charge >= 0.3 is 12.0 Å². The molecule has 0 aromatic heterocycles. The summed E-state index contributed by atoms with van der Waals surface area (Å²) in [7, 11) is 1.59. The van der Waals surface area contributed by atoms with Crippen LogP contribution in [0.25, 0.3) is 0 Å². The molecule has 20 heavy (non-hydrogen) atoms. The third-order valence-corrected chi connectivity index (χ3v) is 2.45. The Morgan fingerprint density at radius 3 is 2.85 bits per heavy atom. The molecule has 0 bridgehead atoms. The van der Waals surface area contributed by atoms with Crippen molar-refractivity contribution in [2.24, 2.45) is 0 Å². The molecule has 0 aliphatic carbocycles. The molecule has 6 nitrogen and oxygen atoms in total. The minimum Gasteiger partial charge on any atom is -0.480 e. The van der Waals surface area contributed by atoms with Crippen molar-refractivity contribution in [1.82, 2.24) is 4.90 Å². The van der Waals surface area contributed by atoms with E-state index in [9.17, 15) is 9.59 Å². The van der Waals surface area contributed by atoms with E-state index in [1.807, 2.05) is 6.07 Å². The summed E-state index contributed by atoms with van der Waals surface area (Å²) in [5.74, 6) is -1.07. The van der Waals surface area contributed by atoms with Gasteiger partial charge in [-0.1, -0.05) is 18.2 Å². The van der Waals surface area contributed by atoms with Gasteiger partial charge in [-0.25, -0.2) is 4.79 Å². The average Bonchev–Trinajstić information content (AvgIpc) is 2.38. The van der Waals surface area contributed by atoms with Crippen LogP contribution < -0.4 is 5.32 Å². The highest BCUT2D eigenvalue weighted by Crippen LogP contribution is 2.12. The number of hydrogen-bond acceptors (Lipinski definition) is 3. The van der Waals surface area contributed by atoms with E-state index in [1.165, 1.54) is 6.08 Å². The molecule has 0 saturated carbocycles. The molecule has 6 heteroatoms. The third-order valence-electron chi connectivity index (χ3n) is 2.45. The predicted molar refractivity (Wildman–Crippen MR) is 75.6 cm³/mol. The van der Waals surface area contributed by atoms with Gasteiger partial charge in [-0.3, -0.25) is 4.79 Å². The Balaban J connectivity index is 2.73. The molecule has 2 N–H and O–H groups in total. The molecule has 1 rings (SSSR count). The number of nitrogens with zero attached hydrogens (tertiary/aromatic N) is 1. The van der Waals surface area contributed by atoms with Crippen molar-refractivity contribution in [2.45, 2.75) is 6.61 Å². The van der Waals surface area contributed by atoms with Crippen LogP contribution in [0.2, 0.25) is 0 Å². The van der Waals surface area contributed by atoms with Gasteiger partial charge in [0.1, 0.15) is 6.54 Å². The van der Waals surface area contributed by atoms with Crippen LogP contribution in [-0.2, 0) is 16.1 Å². The molecule has 0 spiro atoms. The van der Waals surface area contributed by atoms with Crippen LogP contribution in [0.4, 0.5) is 10.5 Å². The zero-order valence-corrected chi connectivity index (χ0v) is 11.3. The molecule has 0 heterocycles. The maximum absolute atomic E-state index is 12.0. The van der Waals surface area contributed by atoms with Crippen LogP contribution in [-0.4, -0.2) is 42.2 Å². The van der Waals surface area contributed by atoms with E-state index in [4.69, 9.17) is 9.84 Å². The lowest BCUT2D eigenvalue weighted by molar-refractivity contribution is -0.137. The van der Waals surface area contributed by atoms with Gasteiger partial charge in [0, 0.05) is 19.3 Å². The lowest BCUT2D eigenvalue weighted by Gasteiger charge is -2.19. The molecule has 0 aliphatic heterocycles. The Labute approximate surface area is 117 Å². The number of carbonyl (C=O) groups excluding carboxylic acids is 1. The zero-order chi connectivity index (χ0) is 15.0. The molecule has 0 unspecified atom stereocenters. The van der Waals surface area contributed by atoms with Gasteiger partial charge < -0.3 is 20.1 Å². The van der Waals surface area contributed by atoms with E-state index >= 15 is 0 Å². The van der Waals surface area contributed by atoms with Gasteiger partial charge in [-0.2, -0.15) is 0 Å². The van der Waals surface area contributed by atoms with Gasteiger partial charge in [0.05, 0.1) is 6.61 Å². The lowest BCUT2D eigenvalue weighted by Crippen LogP contribution is -2.38. The maximum Gasteiger partial charge on any atom is 0.323 e. The first-order valence-electron chi connectivity index (χ1n) is 6.03. The van der Waals surface area contributed by atoms with Crippen LogP contribution >= 0.6 is 0 Å². The van der Waals surface area contributed by atoms with E-state index in [2.05, 4.69) is 11.9 Å². The Bertz CT molecular complexity index is 488. The Hall–Kier alpha value is -2.34. The highest BCUT2D eigenvalue weighted by molar-refractivity contribution is 5.91. The van der Waals surface area contributed by atoms with Crippen LogP contribution in [0.3, 0.4) is 0 Å². The summed E-state index contributed by atoms with van der Waals surface area (Å²) in [6.07, 6.45) is 1.48. The summed E-state index contributed by atoms with van der Waals surface area (Å²) in [5.41, 5.74) is 1.50. The summed E-state index contributed by atoms with van der Waals surface area (Å²) >= 11 is 0. The van der Waals surface area contributed by atoms with E-state index in [0.29, 0.717) is 12.3 Å². The molecule has 0 saturated heterocycles. The zero-order valence-electron chi connectivity index (χ0n) is 11.3. The predicted octanol–water partition coefficient (Wildman–Crippen LogP) is 1.94. The molecule has 1 aromatic rings. The van der Waals surface area contributed by atoms with E-state index < -0.39 is 12.0 Å². The molecule has 0 radical (unpaired) electrons. The Kier molecular flexibility index (Phi) is 6.25. The number of rotatable bonds is 7. The van der Waals surface area contributed by atoms with Gasteiger partial charge in [-0.05, 0) is 17.7 Å². The minimum absolute atomic E-state index is 0.163. The number of carbonyl (C=O) groups is 2. The van der Waals surface area contributed by atoms with Crippen molar-refractivity contribution in [2.75, 3.05) is 25.5 Å². The van der Waals surface area contributed by atoms with Crippen molar-refractivity contribution >= 4 is 17.7 Å². The van der Waals surface area contributed by atoms with Crippen molar-refractivity contribution in [3.63, 3.8) is 0 Å². The summed E-state index contributed by atoms with van der Waals surface area (Å²) in [6, 6.07) is 6.68. The second-order valence-electron chi connectivity index (χ2n) is 4.13. The number of ether oxygens (including phenoxy) is 1. The smallest absolute Gasteiger partial charge is 0.323 e. The molecular formula is C14H18N2O4. The van der Waals surface area contributed by atoms with Crippen LogP contribution in [0, 0.1) is 0 Å². The van der Waals surface area contributed by atoms with Gasteiger partial charge in [0.25, 0.3) is 0 Å². The van der Waals surface area contributed by atoms with E-state index in [-0.39, 0.29) is 13.1 Å². The monoisotopic (exact) mass is 278 g/mol. The molecule has 1 aromatic carbocycles. The highest BCUT2D eigenvalue weighted by Gasteiger charge is 2.15. The van der Waals surface area contributed by atoms with Crippen LogP contribution in [0.15, 0.2) is 36.9 Å². The second kappa shape index (κ2) is 7.96. The number of benzene rings is 1. The minimum atomic E-state index is -1.07. The number of carboxylic acid groups (broad SMARTS) is 1. The number of nitrogens with one attached hydrogen (secondary N) is 1. The summed E-state index contributed by atoms with van der Waals surface area (Å²) in [5, 5.41) is 11.4. The second-order valence-corrected chi connectivity index (χ2v) is 4.13. The molecule has 0 atom stereocenters. The summed E-state index contributed by atoms with van der Waals surface area (Å²) in [4.78, 5) is 23.8. The molecule has 0 aliphatic rings. The SMILES string of the molecule is C=CCN(CC(=O)O)C(=O)Nc1cccc(COC)c1. The lowest BCUT2D eigenvalue weighted by atomic mass is 10.2. The first kappa shape index (κ1) is 15.7. The van der Waals surface area contributed by atoms with Crippen molar-refractivity contribution in [3.8, 4) is 0 Å². The topological polar surface area (TPSA) is 78.9 Å². The van der Waals surface area contributed by atoms with E-state index in [0.717, 1.165) is 10.5 Å². The Morgan fingerprint density at radius 1 is 1.50 bits per heavy atom. The fourth-order valence-corrected chi connectivity index (χ4v) is 1.65. The number of methoxy groups -OCH3 is 1. The number of amides is 2. The maximum atomic E-state index is 12.0. The van der Waals surface area contributed by atoms with Crippen molar-refractivity contribution in [1.29, 1.82) is 0 Å². The normalized spacial score (nSPS) is 9.85. The van der Waals surface area contributed by atoms with Crippen LogP contribution in [0.1, 0.15) is 5.56 Å². The number of carboxylic acids is 1. The summed E-state index contributed by atoms with van der Waals surface area (Å²) < 4.78 is 5.01. The quantitative estimate of drug-likeness (QED) is 0.747. The van der Waals surface area contributed by atoms with Gasteiger partial charge in [-0.15, -0.1) is 6.58 Å². The van der Waals surface area contributed by atoms with Crippen molar-refractivity contribution < 1.29 is 19.4 Å². The fraction of sp³-hybridized carbons (Fsp3) is 0.286. The first-order valence-corrected chi connectivity index (χ1v) is 6.03. The average molecular weight is 278 g/mol. The first-order chi connectivity index (χ1) is 9.56. The molecular weight excluding hydrogens is 260 g/mol. The van der Waals surface area contributed by atoms with Crippen molar-refractivity contribution in [3.05, 3.63) is 42.5 Å². The molecule has 0 fully saturated rings. The Morgan fingerprint density at radius 2 is 2.25 bits per heavy atom. The third kappa shape index (κ3) is 5.11.